The third kappa shape index (κ3) is 6.04. The summed E-state index contributed by atoms with van der Waals surface area (Å²) in [5.74, 6) is -1.54. The van der Waals surface area contributed by atoms with E-state index in [1.807, 2.05) is 49.4 Å². The van der Waals surface area contributed by atoms with Gasteiger partial charge in [-0.3, -0.25) is 4.79 Å². The number of hydrogen-bond acceptors (Lipinski definition) is 1. The fraction of sp³-hybridized carbons (Fsp3) is 0.300. The van der Waals surface area contributed by atoms with Gasteiger partial charge in [0.25, 0.3) is 5.91 Å². The highest BCUT2D eigenvalue weighted by Gasteiger charge is 2.34. The van der Waals surface area contributed by atoms with Crippen LogP contribution in [-0.4, -0.2) is 22.3 Å². The molecule has 0 saturated carbocycles. The largest absolute Gasteiger partial charge is 0.419 e. The number of aromatic amines is 1. The van der Waals surface area contributed by atoms with Crippen LogP contribution < -0.4 is 0 Å². The molecule has 0 spiro atoms. The van der Waals surface area contributed by atoms with Crippen molar-refractivity contribution in [2.24, 2.45) is 0 Å². The molecule has 0 aliphatic rings. The number of aryl methyl sites for hydroxylation is 1. The van der Waals surface area contributed by atoms with Crippen LogP contribution >= 0.6 is 0 Å². The quantitative estimate of drug-likeness (QED) is 0.264. The summed E-state index contributed by atoms with van der Waals surface area (Å²) in [5, 5.41) is 0.909. The van der Waals surface area contributed by atoms with E-state index >= 15 is 0 Å². The van der Waals surface area contributed by atoms with Crippen molar-refractivity contribution in [1.82, 2.24) is 9.88 Å². The summed E-state index contributed by atoms with van der Waals surface area (Å²) in [4.78, 5) is 18.6. The number of amides is 1. The van der Waals surface area contributed by atoms with Gasteiger partial charge in [0.2, 0.25) is 0 Å². The van der Waals surface area contributed by atoms with Crippen LogP contribution in [0.25, 0.3) is 10.9 Å². The van der Waals surface area contributed by atoms with E-state index in [0.717, 1.165) is 34.2 Å². The summed E-state index contributed by atoms with van der Waals surface area (Å²) in [7, 11) is 0. The SMILES string of the molecule is Cc1cc(C(=O)N(CCc2ccc(F)c(C(F)(F)F)c2)Cc2ccc(C(C)(C)C)cc2)c2[nH]ccc2c1. The van der Waals surface area contributed by atoms with E-state index in [-0.39, 0.29) is 30.8 Å². The van der Waals surface area contributed by atoms with Crippen molar-refractivity contribution in [2.75, 3.05) is 6.54 Å². The first-order valence-electron chi connectivity index (χ1n) is 12.1. The van der Waals surface area contributed by atoms with Crippen molar-refractivity contribution in [2.45, 2.75) is 52.3 Å². The Morgan fingerprint density at radius 2 is 1.59 bits per heavy atom. The van der Waals surface area contributed by atoms with E-state index in [1.54, 1.807) is 11.1 Å². The van der Waals surface area contributed by atoms with Gasteiger partial charge in [0.05, 0.1) is 16.6 Å². The van der Waals surface area contributed by atoms with Crippen molar-refractivity contribution in [3.8, 4) is 0 Å². The van der Waals surface area contributed by atoms with Crippen molar-refractivity contribution >= 4 is 16.8 Å². The third-order valence-corrected chi connectivity index (χ3v) is 6.52. The number of fused-ring (bicyclic) bond motifs is 1. The van der Waals surface area contributed by atoms with Crippen molar-refractivity contribution in [3.63, 3.8) is 0 Å². The number of hydrogen-bond donors (Lipinski definition) is 1. The lowest BCUT2D eigenvalue weighted by molar-refractivity contribution is -0.140. The van der Waals surface area contributed by atoms with E-state index in [2.05, 4.69) is 25.8 Å². The molecule has 0 aliphatic carbocycles. The second kappa shape index (κ2) is 10.0. The van der Waals surface area contributed by atoms with Crippen LogP contribution in [0, 0.1) is 12.7 Å². The molecule has 7 heteroatoms. The Hall–Kier alpha value is -3.61. The molecular formula is C30H30F4N2O. The van der Waals surface area contributed by atoms with Crippen molar-refractivity contribution in [1.29, 1.82) is 0 Å². The Morgan fingerprint density at radius 1 is 0.919 bits per heavy atom. The van der Waals surface area contributed by atoms with Gasteiger partial charge in [0.1, 0.15) is 5.82 Å². The summed E-state index contributed by atoms with van der Waals surface area (Å²) in [5.41, 5.74) is 3.20. The van der Waals surface area contributed by atoms with E-state index < -0.39 is 17.6 Å². The smallest absolute Gasteiger partial charge is 0.361 e. The molecule has 1 N–H and O–H groups in total. The van der Waals surface area contributed by atoms with E-state index in [1.165, 1.54) is 6.07 Å². The van der Waals surface area contributed by atoms with Gasteiger partial charge in [-0.25, -0.2) is 4.39 Å². The monoisotopic (exact) mass is 510 g/mol. The van der Waals surface area contributed by atoms with Crippen LogP contribution in [0.4, 0.5) is 17.6 Å². The molecule has 3 nitrogen and oxygen atoms in total. The summed E-state index contributed by atoms with van der Waals surface area (Å²) in [6.45, 7) is 8.72. The lowest BCUT2D eigenvalue weighted by Crippen LogP contribution is -2.33. The molecule has 4 rings (SSSR count). The van der Waals surface area contributed by atoms with Gasteiger partial charge < -0.3 is 9.88 Å². The van der Waals surface area contributed by atoms with Gasteiger partial charge in [-0.2, -0.15) is 13.2 Å². The first-order valence-corrected chi connectivity index (χ1v) is 12.1. The number of carbonyl (C=O) groups is 1. The molecule has 0 fully saturated rings. The standard InChI is InChI=1S/C30H30F4N2O/c1-19-15-22-11-13-35-27(22)24(16-19)28(37)36(18-21-5-8-23(9-6-21)29(2,3)4)14-12-20-7-10-26(31)25(17-20)30(32,33)34/h5-11,13,15-17,35H,12,14,18H2,1-4H3. The molecule has 0 aliphatic heterocycles. The fourth-order valence-corrected chi connectivity index (χ4v) is 4.45. The highest BCUT2D eigenvalue weighted by Crippen LogP contribution is 2.32. The van der Waals surface area contributed by atoms with Gasteiger partial charge in [-0.15, -0.1) is 0 Å². The maximum atomic E-state index is 13.8. The average Bonchev–Trinajstić information content (AvgIpc) is 3.29. The highest BCUT2D eigenvalue weighted by molar-refractivity contribution is 6.06. The molecule has 1 aromatic heterocycles. The number of aromatic nitrogens is 1. The predicted molar refractivity (Wildman–Crippen MR) is 138 cm³/mol. The minimum Gasteiger partial charge on any atom is -0.361 e. The van der Waals surface area contributed by atoms with Crippen molar-refractivity contribution in [3.05, 3.63) is 106 Å². The number of nitrogens with one attached hydrogen (secondary N) is 1. The first-order chi connectivity index (χ1) is 17.3. The number of nitrogens with zero attached hydrogens (tertiary/aromatic N) is 1. The second-order valence-electron chi connectivity index (χ2n) is 10.5. The Kier molecular flexibility index (Phi) is 7.18. The molecule has 0 bridgehead atoms. The topological polar surface area (TPSA) is 36.1 Å². The lowest BCUT2D eigenvalue weighted by Gasteiger charge is -2.25. The maximum absolute atomic E-state index is 13.8. The molecule has 4 aromatic rings. The lowest BCUT2D eigenvalue weighted by atomic mass is 9.87. The molecular weight excluding hydrogens is 480 g/mol. The first kappa shape index (κ1) is 26.5. The molecule has 3 aromatic carbocycles. The molecule has 194 valence electrons. The average molecular weight is 511 g/mol. The molecule has 0 radical (unpaired) electrons. The Balaban J connectivity index is 1.65. The summed E-state index contributed by atoms with van der Waals surface area (Å²) in [6, 6.07) is 16.7. The zero-order chi connectivity index (χ0) is 27.0. The second-order valence-corrected chi connectivity index (χ2v) is 10.5. The van der Waals surface area contributed by atoms with E-state index in [9.17, 15) is 22.4 Å². The number of carbonyl (C=O) groups excluding carboxylic acids is 1. The normalized spacial score (nSPS) is 12.2. The Labute approximate surface area is 214 Å². The minimum atomic E-state index is -4.79. The van der Waals surface area contributed by atoms with Crippen LogP contribution in [0.15, 0.2) is 66.9 Å². The Morgan fingerprint density at radius 3 is 2.24 bits per heavy atom. The van der Waals surface area contributed by atoms with Crippen LogP contribution in [0.1, 0.15) is 58.9 Å². The maximum Gasteiger partial charge on any atom is 0.419 e. The number of alkyl halides is 3. The summed E-state index contributed by atoms with van der Waals surface area (Å²) in [6.07, 6.45) is -2.87. The van der Waals surface area contributed by atoms with Crippen molar-refractivity contribution < 1.29 is 22.4 Å². The fourth-order valence-electron chi connectivity index (χ4n) is 4.45. The number of H-pyrrole nitrogens is 1. The summed E-state index contributed by atoms with van der Waals surface area (Å²) >= 11 is 0. The van der Waals surface area contributed by atoms with Crippen LogP contribution in [0.3, 0.4) is 0 Å². The third-order valence-electron chi connectivity index (χ3n) is 6.52. The van der Waals surface area contributed by atoms with Gasteiger partial charge >= 0.3 is 6.18 Å². The molecule has 0 unspecified atom stereocenters. The minimum absolute atomic E-state index is 0.0202. The number of halogens is 4. The Bertz CT molecular complexity index is 1410. The van der Waals surface area contributed by atoms with Gasteiger partial charge in [-0.1, -0.05) is 51.1 Å². The zero-order valence-corrected chi connectivity index (χ0v) is 21.3. The van der Waals surface area contributed by atoms with E-state index in [4.69, 9.17) is 0 Å². The molecule has 0 atom stereocenters. The van der Waals surface area contributed by atoms with Gasteiger partial charge in [0.15, 0.2) is 0 Å². The number of benzene rings is 3. The van der Waals surface area contributed by atoms with Gasteiger partial charge in [-0.05, 0) is 71.3 Å². The summed E-state index contributed by atoms with van der Waals surface area (Å²) < 4.78 is 53.5. The predicted octanol–water partition coefficient (Wildman–Crippen LogP) is 7.82. The molecule has 1 amide bonds. The van der Waals surface area contributed by atoms with Crippen LogP contribution in [-0.2, 0) is 24.6 Å². The molecule has 37 heavy (non-hydrogen) atoms. The zero-order valence-electron chi connectivity index (χ0n) is 21.3. The highest BCUT2D eigenvalue weighted by atomic mass is 19.4. The van der Waals surface area contributed by atoms with Crippen LogP contribution in [0.2, 0.25) is 0 Å². The number of rotatable bonds is 6. The van der Waals surface area contributed by atoms with Crippen LogP contribution in [0.5, 0.6) is 0 Å². The van der Waals surface area contributed by atoms with Gasteiger partial charge in [0, 0.05) is 24.7 Å². The molecule has 1 heterocycles. The molecule has 0 saturated heterocycles. The van der Waals surface area contributed by atoms with E-state index in [0.29, 0.717) is 16.6 Å².